The fourth-order valence-electron chi connectivity index (χ4n) is 3.83. The molecule has 2 aromatic rings. The van der Waals surface area contributed by atoms with Gasteiger partial charge in [0.2, 0.25) is 5.91 Å². The Bertz CT molecular complexity index is 673. The van der Waals surface area contributed by atoms with Crippen LogP contribution in [0.2, 0.25) is 0 Å². The molecule has 2 atom stereocenters. The van der Waals surface area contributed by atoms with E-state index in [4.69, 9.17) is 0 Å². The van der Waals surface area contributed by atoms with E-state index in [9.17, 15) is 4.79 Å². The highest BCUT2D eigenvalue weighted by Crippen LogP contribution is 2.28. The van der Waals surface area contributed by atoms with E-state index >= 15 is 0 Å². The van der Waals surface area contributed by atoms with E-state index in [0.29, 0.717) is 18.5 Å². The number of fused-ring (bicyclic) bond motifs is 2. The van der Waals surface area contributed by atoms with Gasteiger partial charge < -0.3 is 10.2 Å². The summed E-state index contributed by atoms with van der Waals surface area (Å²) in [5, 5.41) is 7.83. The van der Waals surface area contributed by atoms with Gasteiger partial charge in [-0.05, 0) is 43.5 Å². The van der Waals surface area contributed by atoms with Crippen molar-refractivity contribution in [2.45, 2.75) is 37.8 Å². The minimum atomic E-state index is 0. The number of halogens is 1. The molecule has 3 heterocycles. The minimum absolute atomic E-state index is 0. The lowest BCUT2D eigenvalue weighted by Crippen LogP contribution is -2.43. The van der Waals surface area contributed by atoms with Crippen LogP contribution in [-0.2, 0) is 11.2 Å². The lowest BCUT2D eigenvalue weighted by atomic mass is 10.1. The molecule has 2 aliphatic heterocycles. The third kappa shape index (κ3) is 3.32. The van der Waals surface area contributed by atoms with Gasteiger partial charge in [-0.2, -0.15) is 5.10 Å². The van der Waals surface area contributed by atoms with Crippen molar-refractivity contribution in [3.63, 3.8) is 0 Å². The first-order valence-electron chi connectivity index (χ1n) is 8.42. The fourth-order valence-corrected chi connectivity index (χ4v) is 3.83. The van der Waals surface area contributed by atoms with Crippen LogP contribution in [0.25, 0.3) is 5.69 Å². The van der Waals surface area contributed by atoms with Crippen molar-refractivity contribution in [2.24, 2.45) is 0 Å². The van der Waals surface area contributed by atoms with Gasteiger partial charge in [-0.25, -0.2) is 4.68 Å². The number of aromatic nitrogens is 2. The number of carbonyl (C=O) groups excluding carboxylic acids is 1. The number of hydrogen-bond donors (Lipinski definition) is 1. The highest BCUT2D eigenvalue weighted by Gasteiger charge is 2.37. The number of benzene rings is 1. The zero-order valence-electron chi connectivity index (χ0n) is 13.6. The molecular weight excluding hydrogens is 324 g/mol. The molecule has 5 nitrogen and oxygen atoms in total. The second-order valence-electron chi connectivity index (χ2n) is 6.48. The summed E-state index contributed by atoms with van der Waals surface area (Å²) in [7, 11) is 0. The maximum absolute atomic E-state index is 12.8. The van der Waals surface area contributed by atoms with Crippen molar-refractivity contribution in [1.29, 1.82) is 0 Å². The van der Waals surface area contributed by atoms with Crippen molar-refractivity contribution in [2.75, 3.05) is 13.1 Å². The Labute approximate surface area is 148 Å². The Morgan fingerprint density at radius 1 is 1.17 bits per heavy atom. The fraction of sp³-hybridized carbons (Fsp3) is 0.444. The van der Waals surface area contributed by atoms with E-state index in [0.717, 1.165) is 43.6 Å². The third-order valence-corrected chi connectivity index (χ3v) is 4.95. The van der Waals surface area contributed by atoms with Crippen LogP contribution >= 0.6 is 12.4 Å². The maximum Gasteiger partial charge on any atom is 0.227 e. The summed E-state index contributed by atoms with van der Waals surface area (Å²) < 4.78 is 1.83. The van der Waals surface area contributed by atoms with Crippen molar-refractivity contribution in [3.8, 4) is 5.69 Å². The van der Waals surface area contributed by atoms with Gasteiger partial charge in [0.15, 0.2) is 0 Å². The van der Waals surface area contributed by atoms with Crippen molar-refractivity contribution in [1.82, 2.24) is 20.0 Å². The predicted octanol–water partition coefficient (Wildman–Crippen LogP) is 2.19. The molecule has 0 saturated carbocycles. The highest BCUT2D eigenvalue weighted by molar-refractivity contribution is 5.85. The molecule has 128 valence electrons. The van der Waals surface area contributed by atoms with E-state index in [1.807, 2.05) is 47.4 Å². The highest BCUT2D eigenvalue weighted by atomic mass is 35.5. The van der Waals surface area contributed by atoms with Gasteiger partial charge in [0.25, 0.3) is 0 Å². The number of nitrogens with zero attached hydrogens (tertiary/aromatic N) is 3. The van der Waals surface area contributed by atoms with Crippen LogP contribution < -0.4 is 5.32 Å². The van der Waals surface area contributed by atoms with E-state index < -0.39 is 0 Å². The molecule has 4 rings (SSSR count). The zero-order valence-corrected chi connectivity index (χ0v) is 14.4. The third-order valence-electron chi connectivity index (χ3n) is 4.95. The Morgan fingerprint density at radius 2 is 1.96 bits per heavy atom. The van der Waals surface area contributed by atoms with E-state index in [-0.39, 0.29) is 18.3 Å². The second kappa shape index (κ2) is 7.36. The van der Waals surface area contributed by atoms with E-state index in [1.165, 1.54) is 0 Å². The van der Waals surface area contributed by atoms with E-state index in [1.54, 1.807) is 0 Å². The molecule has 1 aromatic carbocycles. The number of nitrogens with one attached hydrogen (secondary N) is 1. The Kier molecular flexibility index (Phi) is 5.21. The molecule has 1 aromatic heterocycles. The molecule has 0 radical (unpaired) electrons. The van der Waals surface area contributed by atoms with Gasteiger partial charge in [-0.1, -0.05) is 18.2 Å². The molecule has 6 heteroatoms. The van der Waals surface area contributed by atoms with Gasteiger partial charge in [-0.3, -0.25) is 4.79 Å². The predicted molar refractivity (Wildman–Crippen MR) is 95.7 cm³/mol. The SMILES string of the molecule is Cl.O=C(Cc1cnn(-c2ccccc2)c1)N1C2CCNCC1CC2. The Morgan fingerprint density at radius 3 is 2.79 bits per heavy atom. The summed E-state index contributed by atoms with van der Waals surface area (Å²) in [6.45, 7) is 1.96. The molecule has 1 amide bonds. The molecular formula is C18H23ClN4O. The largest absolute Gasteiger partial charge is 0.335 e. The number of carbonyl (C=O) groups is 1. The van der Waals surface area contributed by atoms with Crippen molar-refractivity contribution >= 4 is 18.3 Å². The molecule has 2 saturated heterocycles. The van der Waals surface area contributed by atoms with Crippen LogP contribution in [0, 0.1) is 0 Å². The first-order valence-corrected chi connectivity index (χ1v) is 8.42. The molecule has 2 fully saturated rings. The van der Waals surface area contributed by atoms with E-state index in [2.05, 4.69) is 15.3 Å². The Hall–Kier alpha value is -1.85. The second-order valence-corrected chi connectivity index (χ2v) is 6.48. The number of rotatable bonds is 3. The molecule has 1 N–H and O–H groups in total. The van der Waals surface area contributed by atoms with Gasteiger partial charge in [0, 0.05) is 24.8 Å². The summed E-state index contributed by atoms with van der Waals surface area (Å²) in [6, 6.07) is 10.8. The molecule has 2 bridgehead atoms. The number of hydrogen-bond acceptors (Lipinski definition) is 3. The standard InChI is InChI=1S/C18H22N4O.ClH/c23-18(22-16-6-7-17(22)12-19-9-8-16)10-14-11-20-21(13-14)15-4-2-1-3-5-15;/h1-5,11,13,16-17,19H,6-10,12H2;1H. The summed E-state index contributed by atoms with van der Waals surface area (Å²) in [6.07, 6.45) is 7.58. The Balaban J connectivity index is 0.00000169. The molecule has 2 unspecified atom stereocenters. The summed E-state index contributed by atoms with van der Waals surface area (Å²) in [5.41, 5.74) is 2.00. The number of amides is 1. The van der Waals surface area contributed by atoms with Crippen LogP contribution in [0.4, 0.5) is 0 Å². The van der Waals surface area contributed by atoms with Crippen LogP contribution in [-0.4, -0.2) is 45.8 Å². The van der Waals surface area contributed by atoms with Crippen LogP contribution in [0.1, 0.15) is 24.8 Å². The normalized spacial score (nSPS) is 22.8. The van der Waals surface area contributed by atoms with Gasteiger partial charge >= 0.3 is 0 Å². The molecule has 2 aliphatic rings. The first kappa shape index (κ1) is 17.0. The molecule has 0 aliphatic carbocycles. The molecule has 24 heavy (non-hydrogen) atoms. The average molecular weight is 347 g/mol. The monoisotopic (exact) mass is 346 g/mol. The smallest absolute Gasteiger partial charge is 0.227 e. The molecule has 0 spiro atoms. The van der Waals surface area contributed by atoms with Crippen LogP contribution in [0.5, 0.6) is 0 Å². The lowest BCUT2D eigenvalue weighted by Gasteiger charge is -2.27. The summed E-state index contributed by atoms with van der Waals surface area (Å²) >= 11 is 0. The van der Waals surface area contributed by atoms with Gasteiger partial charge in [0.05, 0.1) is 18.3 Å². The minimum Gasteiger partial charge on any atom is -0.335 e. The quantitative estimate of drug-likeness (QED) is 0.926. The van der Waals surface area contributed by atoms with Crippen LogP contribution in [0.15, 0.2) is 42.7 Å². The van der Waals surface area contributed by atoms with Gasteiger partial charge in [-0.15, -0.1) is 12.4 Å². The average Bonchev–Trinajstić information content (AvgIpc) is 3.11. The maximum atomic E-state index is 12.8. The van der Waals surface area contributed by atoms with Crippen molar-refractivity contribution in [3.05, 3.63) is 48.3 Å². The lowest BCUT2D eigenvalue weighted by molar-refractivity contribution is -0.133. The first-order chi connectivity index (χ1) is 11.3. The zero-order chi connectivity index (χ0) is 15.6. The summed E-state index contributed by atoms with van der Waals surface area (Å²) in [4.78, 5) is 14.9. The summed E-state index contributed by atoms with van der Waals surface area (Å²) in [5.74, 6) is 0.244. The van der Waals surface area contributed by atoms with Crippen LogP contribution in [0.3, 0.4) is 0 Å². The topological polar surface area (TPSA) is 50.2 Å². The van der Waals surface area contributed by atoms with Gasteiger partial charge in [0.1, 0.15) is 0 Å². The number of para-hydroxylation sites is 1. The van der Waals surface area contributed by atoms with Crippen molar-refractivity contribution < 1.29 is 4.79 Å².